The van der Waals surface area contributed by atoms with E-state index in [0.717, 1.165) is 19.3 Å². The summed E-state index contributed by atoms with van der Waals surface area (Å²) >= 11 is 12.2. The third-order valence-electron chi connectivity index (χ3n) is 8.21. The lowest BCUT2D eigenvalue weighted by Gasteiger charge is -2.29. The van der Waals surface area contributed by atoms with Crippen LogP contribution in [0.1, 0.15) is 85.0 Å². The molecule has 0 aromatic heterocycles. The van der Waals surface area contributed by atoms with Crippen molar-refractivity contribution in [2.75, 3.05) is 30.1 Å². The molecule has 2 heterocycles. The Labute approximate surface area is 293 Å². The average Bonchev–Trinajstić information content (AvgIpc) is 3.52. The fourth-order valence-corrected chi connectivity index (χ4v) is 6.07. The predicted octanol–water partition coefficient (Wildman–Crippen LogP) is 8.68. The van der Waals surface area contributed by atoms with Gasteiger partial charge in [-0.05, 0) is 62.8 Å². The summed E-state index contributed by atoms with van der Waals surface area (Å²) in [6, 6.07) is 13.7. The van der Waals surface area contributed by atoms with Crippen molar-refractivity contribution < 1.29 is 23.9 Å². The van der Waals surface area contributed by atoms with E-state index >= 15 is 0 Å². The van der Waals surface area contributed by atoms with E-state index in [1.807, 2.05) is 19.9 Å². The van der Waals surface area contributed by atoms with Gasteiger partial charge in [0, 0.05) is 15.7 Å². The summed E-state index contributed by atoms with van der Waals surface area (Å²) in [5.74, 6) is -1.07. The maximum atomic E-state index is 13.6. The molecule has 1 saturated heterocycles. The van der Waals surface area contributed by atoms with Crippen molar-refractivity contribution in [3.05, 3.63) is 82.2 Å². The molecule has 0 atom stereocenters. The van der Waals surface area contributed by atoms with E-state index < -0.39 is 17.4 Å². The number of carbonyl (C=O) groups excluding carboxylic acids is 3. The molecule has 2 aromatic rings. The summed E-state index contributed by atoms with van der Waals surface area (Å²) in [6.45, 7) is 6.63. The molecule has 0 saturated carbocycles. The molecule has 0 spiro atoms. The normalized spacial score (nSPS) is 17.2. The van der Waals surface area contributed by atoms with Crippen molar-refractivity contribution in [2.24, 2.45) is 5.10 Å². The Balaban J connectivity index is 1.42. The Morgan fingerprint density at radius 2 is 1.56 bits per heavy atom. The highest BCUT2D eigenvalue weighted by atomic mass is 35.5. The van der Waals surface area contributed by atoms with Gasteiger partial charge in [-0.25, -0.2) is 4.79 Å². The van der Waals surface area contributed by atoms with E-state index in [0.29, 0.717) is 33.9 Å². The minimum absolute atomic E-state index is 0.0436. The lowest BCUT2D eigenvalue weighted by molar-refractivity contribution is -0.135. The molecule has 0 radical (unpaired) electrons. The highest BCUT2D eigenvalue weighted by Gasteiger charge is 2.39. The highest BCUT2D eigenvalue weighted by molar-refractivity contribution is 6.53. The molecule has 2 aliphatic heterocycles. The quantitative estimate of drug-likeness (QED) is 0.101. The van der Waals surface area contributed by atoms with Crippen LogP contribution < -0.4 is 10.3 Å². The van der Waals surface area contributed by atoms with Crippen LogP contribution in [0.15, 0.2) is 77.2 Å². The van der Waals surface area contributed by atoms with Gasteiger partial charge >= 0.3 is 5.97 Å². The third kappa shape index (κ3) is 10.6. The maximum Gasteiger partial charge on any atom is 0.359 e. The molecule has 4 rings (SSSR count). The van der Waals surface area contributed by atoms with Crippen LogP contribution in [0, 0.1) is 0 Å². The van der Waals surface area contributed by atoms with E-state index in [-0.39, 0.29) is 30.3 Å². The van der Waals surface area contributed by atoms with Crippen LogP contribution in [-0.2, 0) is 23.9 Å². The number of esters is 1. The van der Waals surface area contributed by atoms with Gasteiger partial charge < -0.3 is 19.7 Å². The number of allylic oxidation sites excluding steroid dienone is 2. The Hall–Kier alpha value is -3.82. The standard InChI is InChI=1S/C37H46Cl2N4O5/c1-4-5-6-7-8-9-10-11-12-16-21-47-36(46)34-31(35(45)43(41-34)30-17-14-13-15-18-30)19-20-33-42(37(2,3)26-48-33)25-32(44)40-29-23-27(38)22-28(39)24-29/h13-15,17-20,22-24H,4-12,16,21,25-26H2,1-3H3,(H,40,44). The average molecular weight is 698 g/mol. The van der Waals surface area contributed by atoms with Gasteiger partial charge in [0.1, 0.15) is 13.2 Å². The lowest BCUT2D eigenvalue weighted by atomic mass is 10.1. The van der Waals surface area contributed by atoms with Gasteiger partial charge in [0.15, 0.2) is 11.6 Å². The van der Waals surface area contributed by atoms with Crippen molar-refractivity contribution in [1.29, 1.82) is 0 Å². The van der Waals surface area contributed by atoms with E-state index in [4.69, 9.17) is 32.7 Å². The first-order valence-electron chi connectivity index (χ1n) is 16.8. The summed E-state index contributed by atoms with van der Waals surface area (Å²) in [6.07, 6.45) is 14.8. The second kappa shape index (κ2) is 18.1. The number of benzene rings is 2. The minimum Gasteiger partial charge on any atom is -0.477 e. The van der Waals surface area contributed by atoms with Crippen LogP contribution in [0.3, 0.4) is 0 Å². The predicted molar refractivity (Wildman–Crippen MR) is 192 cm³/mol. The van der Waals surface area contributed by atoms with E-state index in [9.17, 15) is 14.4 Å². The SMILES string of the molecule is CCCCCCCCCCCCOC(=O)C1=NN(c2ccccc2)C(=O)C1=CC=C1OCC(C)(C)N1CC(=O)Nc1cc(Cl)cc(Cl)c1. The second-order valence-electron chi connectivity index (χ2n) is 12.7. The molecule has 1 N–H and O–H groups in total. The Morgan fingerprint density at radius 1 is 0.938 bits per heavy atom. The number of unbranched alkanes of at least 4 members (excludes halogenated alkanes) is 9. The molecule has 9 nitrogen and oxygen atoms in total. The van der Waals surface area contributed by atoms with Crippen molar-refractivity contribution in [3.63, 3.8) is 0 Å². The molecule has 258 valence electrons. The monoisotopic (exact) mass is 696 g/mol. The number of hydrogen-bond donors (Lipinski definition) is 1. The zero-order chi connectivity index (χ0) is 34.5. The molecule has 0 unspecified atom stereocenters. The number of hydrazone groups is 1. The molecule has 48 heavy (non-hydrogen) atoms. The van der Waals surface area contributed by atoms with Crippen LogP contribution >= 0.6 is 23.2 Å². The summed E-state index contributed by atoms with van der Waals surface area (Å²) < 4.78 is 11.5. The van der Waals surface area contributed by atoms with Crippen molar-refractivity contribution in [3.8, 4) is 0 Å². The number of para-hydroxylation sites is 1. The molecular weight excluding hydrogens is 651 g/mol. The smallest absolute Gasteiger partial charge is 0.359 e. The number of nitrogens with one attached hydrogen (secondary N) is 1. The van der Waals surface area contributed by atoms with Gasteiger partial charge in [-0.2, -0.15) is 10.1 Å². The molecule has 2 aliphatic rings. The van der Waals surface area contributed by atoms with Crippen LogP contribution in [0.25, 0.3) is 0 Å². The van der Waals surface area contributed by atoms with Gasteiger partial charge in [0.2, 0.25) is 5.91 Å². The van der Waals surface area contributed by atoms with E-state index in [1.54, 1.807) is 53.4 Å². The molecule has 1 fully saturated rings. The van der Waals surface area contributed by atoms with Gasteiger partial charge in [-0.15, -0.1) is 0 Å². The molecule has 11 heteroatoms. The van der Waals surface area contributed by atoms with Crippen LogP contribution in [0.4, 0.5) is 11.4 Å². The van der Waals surface area contributed by atoms with Crippen LogP contribution in [0.5, 0.6) is 0 Å². The largest absolute Gasteiger partial charge is 0.477 e. The fraction of sp³-hybridized carbons (Fsp3) is 0.459. The first kappa shape index (κ1) is 37.0. The number of nitrogens with zero attached hydrogens (tertiary/aromatic N) is 3. The molecular formula is C37H46Cl2N4O5. The van der Waals surface area contributed by atoms with E-state index in [2.05, 4.69) is 17.3 Å². The molecule has 2 aromatic carbocycles. The molecule has 2 amide bonds. The van der Waals surface area contributed by atoms with Gasteiger partial charge in [0.05, 0.1) is 23.4 Å². The lowest BCUT2D eigenvalue weighted by Crippen LogP contribution is -2.43. The first-order valence-corrected chi connectivity index (χ1v) is 17.6. The van der Waals surface area contributed by atoms with Crippen molar-refractivity contribution in [2.45, 2.75) is 90.5 Å². The number of ether oxygens (including phenoxy) is 2. The van der Waals surface area contributed by atoms with Gasteiger partial charge in [0.25, 0.3) is 5.91 Å². The van der Waals surface area contributed by atoms with Gasteiger partial charge in [-0.1, -0.05) is 106 Å². The number of hydrogen-bond acceptors (Lipinski definition) is 7. The fourth-order valence-electron chi connectivity index (χ4n) is 5.54. The summed E-state index contributed by atoms with van der Waals surface area (Å²) in [5, 5.41) is 9.20. The minimum atomic E-state index is -0.661. The zero-order valence-corrected chi connectivity index (χ0v) is 29.6. The summed E-state index contributed by atoms with van der Waals surface area (Å²) in [4.78, 5) is 41.7. The number of carbonyl (C=O) groups is 3. The molecule has 0 bridgehead atoms. The maximum absolute atomic E-state index is 13.6. The van der Waals surface area contributed by atoms with Crippen molar-refractivity contribution in [1.82, 2.24) is 4.90 Å². The van der Waals surface area contributed by atoms with Crippen LogP contribution in [-0.4, -0.2) is 53.7 Å². The first-order chi connectivity index (χ1) is 23.1. The third-order valence-corrected chi connectivity index (χ3v) is 8.65. The Kier molecular flexibility index (Phi) is 13.9. The Bertz CT molecular complexity index is 1500. The zero-order valence-electron chi connectivity index (χ0n) is 28.1. The van der Waals surface area contributed by atoms with E-state index in [1.165, 1.54) is 56.0 Å². The number of halogens is 2. The van der Waals surface area contributed by atoms with Crippen molar-refractivity contribution >= 4 is 58.1 Å². The highest BCUT2D eigenvalue weighted by Crippen LogP contribution is 2.31. The van der Waals surface area contributed by atoms with Gasteiger partial charge in [-0.3, -0.25) is 9.59 Å². The summed E-state index contributed by atoms with van der Waals surface area (Å²) in [7, 11) is 0. The number of rotatable bonds is 17. The topological polar surface area (TPSA) is 101 Å². The molecule has 0 aliphatic carbocycles. The number of anilines is 2. The second-order valence-corrected chi connectivity index (χ2v) is 13.6. The summed E-state index contributed by atoms with van der Waals surface area (Å²) in [5.41, 5.74) is 0.459. The van der Waals surface area contributed by atoms with Crippen LogP contribution in [0.2, 0.25) is 10.0 Å². The number of amides is 2. The Morgan fingerprint density at radius 3 is 2.21 bits per heavy atom.